The molecule has 0 fully saturated rings. The minimum atomic E-state index is -0.830. The van der Waals surface area contributed by atoms with Crippen molar-refractivity contribution in [3.05, 3.63) is 53.9 Å². The van der Waals surface area contributed by atoms with Crippen molar-refractivity contribution < 1.29 is 8.78 Å². The van der Waals surface area contributed by atoms with Crippen LogP contribution >= 0.6 is 0 Å². The van der Waals surface area contributed by atoms with Crippen molar-refractivity contribution in [2.75, 3.05) is 5.32 Å². The van der Waals surface area contributed by atoms with Crippen molar-refractivity contribution in [1.82, 2.24) is 4.57 Å². The topological polar surface area (TPSA) is 17.0 Å². The average Bonchev–Trinajstić information content (AvgIpc) is 2.79. The third-order valence-electron chi connectivity index (χ3n) is 2.80. The van der Waals surface area contributed by atoms with E-state index in [9.17, 15) is 8.78 Å². The van der Waals surface area contributed by atoms with Gasteiger partial charge in [-0.3, -0.25) is 0 Å². The molecule has 18 heavy (non-hydrogen) atoms. The van der Waals surface area contributed by atoms with Crippen molar-refractivity contribution in [2.45, 2.75) is 26.4 Å². The van der Waals surface area contributed by atoms with Gasteiger partial charge in [-0.15, -0.1) is 0 Å². The van der Waals surface area contributed by atoms with E-state index in [4.69, 9.17) is 0 Å². The van der Waals surface area contributed by atoms with Crippen LogP contribution in [0.2, 0.25) is 0 Å². The molecule has 2 rings (SSSR count). The summed E-state index contributed by atoms with van der Waals surface area (Å²) in [5.74, 6) is -1.66. The first kappa shape index (κ1) is 12.6. The number of aryl methyl sites for hydroxylation is 1. The molecule has 0 bridgehead atoms. The van der Waals surface area contributed by atoms with E-state index in [1.807, 2.05) is 18.3 Å². The molecule has 1 heterocycles. The lowest BCUT2D eigenvalue weighted by Crippen LogP contribution is -2.08. The number of hydrogen-bond acceptors (Lipinski definition) is 1. The van der Waals surface area contributed by atoms with Gasteiger partial charge in [-0.1, -0.05) is 13.0 Å². The Morgan fingerprint density at radius 2 is 2.00 bits per heavy atom. The second kappa shape index (κ2) is 5.67. The van der Waals surface area contributed by atoms with E-state index >= 15 is 0 Å². The standard InChI is InChI=1S/C14H16F2N2/c1-2-8-18-9-4-5-11(18)10-17-13-7-3-6-12(15)14(13)16/h3-7,9,17H,2,8,10H2,1H3. The van der Waals surface area contributed by atoms with Gasteiger partial charge in [0.05, 0.1) is 12.2 Å². The molecule has 2 aromatic rings. The molecule has 2 nitrogen and oxygen atoms in total. The second-order valence-electron chi connectivity index (χ2n) is 4.15. The molecule has 0 amide bonds. The lowest BCUT2D eigenvalue weighted by Gasteiger charge is -2.11. The molecule has 0 atom stereocenters. The summed E-state index contributed by atoms with van der Waals surface area (Å²) in [5, 5.41) is 2.92. The quantitative estimate of drug-likeness (QED) is 0.854. The van der Waals surface area contributed by atoms with Gasteiger partial charge < -0.3 is 9.88 Å². The molecule has 0 saturated heterocycles. The highest BCUT2D eigenvalue weighted by Crippen LogP contribution is 2.17. The van der Waals surface area contributed by atoms with Crippen molar-refractivity contribution in [3.8, 4) is 0 Å². The van der Waals surface area contributed by atoms with Crippen LogP contribution < -0.4 is 5.32 Å². The Morgan fingerprint density at radius 1 is 1.17 bits per heavy atom. The van der Waals surface area contributed by atoms with Gasteiger partial charge in [-0.2, -0.15) is 0 Å². The molecular weight excluding hydrogens is 234 g/mol. The van der Waals surface area contributed by atoms with Gasteiger partial charge in [0.25, 0.3) is 0 Å². The summed E-state index contributed by atoms with van der Waals surface area (Å²) >= 11 is 0. The van der Waals surface area contributed by atoms with Crippen LogP contribution in [0.3, 0.4) is 0 Å². The maximum absolute atomic E-state index is 13.4. The minimum absolute atomic E-state index is 0.194. The molecule has 0 unspecified atom stereocenters. The summed E-state index contributed by atoms with van der Waals surface area (Å²) in [6.45, 7) is 3.51. The highest BCUT2D eigenvalue weighted by Gasteiger charge is 2.07. The van der Waals surface area contributed by atoms with E-state index in [2.05, 4.69) is 16.8 Å². The number of anilines is 1. The van der Waals surface area contributed by atoms with Crippen molar-refractivity contribution >= 4 is 5.69 Å². The number of benzene rings is 1. The first-order valence-electron chi connectivity index (χ1n) is 6.04. The summed E-state index contributed by atoms with van der Waals surface area (Å²) < 4.78 is 28.6. The Bertz CT molecular complexity index is 520. The average molecular weight is 250 g/mol. The van der Waals surface area contributed by atoms with Gasteiger partial charge in [-0.05, 0) is 30.7 Å². The number of nitrogens with zero attached hydrogens (tertiary/aromatic N) is 1. The summed E-state index contributed by atoms with van der Waals surface area (Å²) in [6, 6.07) is 8.06. The van der Waals surface area contributed by atoms with Crippen LogP contribution in [0.4, 0.5) is 14.5 Å². The van der Waals surface area contributed by atoms with E-state index in [0.717, 1.165) is 24.7 Å². The number of halogens is 2. The monoisotopic (exact) mass is 250 g/mol. The fourth-order valence-electron chi connectivity index (χ4n) is 1.90. The minimum Gasteiger partial charge on any atom is -0.377 e. The zero-order valence-corrected chi connectivity index (χ0v) is 10.3. The van der Waals surface area contributed by atoms with Crippen LogP contribution in [0.25, 0.3) is 0 Å². The summed E-state index contributed by atoms with van der Waals surface area (Å²) in [7, 11) is 0. The van der Waals surface area contributed by atoms with Crippen LogP contribution in [0.5, 0.6) is 0 Å². The lowest BCUT2D eigenvalue weighted by molar-refractivity contribution is 0.510. The van der Waals surface area contributed by atoms with Crippen molar-refractivity contribution in [3.63, 3.8) is 0 Å². The maximum atomic E-state index is 13.4. The molecule has 1 N–H and O–H groups in total. The summed E-state index contributed by atoms with van der Waals surface area (Å²) in [4.78, 5) is 0. The van der Waals surface area contributed by atoms with Crippen LogP contribution in [-0.4, -0.2) is 4.57 Å². The van der Waals surface area contributed by atoms with E-state index in [1.165, 1.54) is 12.1 Å². The van der Waals surface area contributed by atoms with E-state index in [-0.39, 0.29) is 5.69 Å². The largest absolute Gasteiger partial charge is 0.377 e. The molecule has 1 aromatic heterocycles. The normalized spacial score (nSPS) is 10.6. The van der Waals surface area contributed by atoms with Gasteiger partial charge in [0, 0.05) is 18.4 Å². The van der Waals surface area contributed by atoms with Crippen molar-refractivity contribution in [1.29, 1.82) is 0 Å². The third-order valence-corrected chi connectivity index (χ3v) is 2.80. The number of nitrogens with one attached hydrogen (secondary N) is 1. The van der Waals surface area contributed by atoms with Gasteiger partial charge >= 0.3 is 0 Å². The van der Waals surface area contributed by atoms with Gasteiger partial charge in [0.1, 0.15) is 0 Å². The second-order valence-corrected chi connectivity index (χ2v) is 4.15. The Balaban J connectivity index is 2.07. The molecule has 0 saturated carbocycles. The Kier molecular flexibility index (Phi) is 3.97. The zero-order valence-electron chi connectivity index (χ0n) is 10.3. The fourth-order valence-corrected chi connectivity index (χ4v) is 1.90. The van der Waals surface area contributed by atoms with Crippen molar-refractivity contribution in [2.24, 2.45) is 0 Å². The van der Waals surface area contributed by atoms with Gasteiger partial charge in [-0.25, -0.2) is 8.78 Å². The first-order valence-corrected chi connectivity index (χ1v) is 6.04. The number of hydrogen-bond donors (Lipinski definition) is 1. The van der Waals surface area contributed by atoms with Crippen LogP contribution in [0.15, 0.2) is 36.5 Å². The van der Waals surface area contributed by atoms with E-state index in [1.54, 1.807) is 0 Å². The zero-order chi connectivity index (χ0) is 13.0. The molecular formula is C14H16F2N2. The molecule has 0 aliphatic heterocycles. The summed E-state index contributed by atoms with van der Waals surface area (Å²) in [6.07, 6.45) is 3.03. The molecule has 1 aromatic carbocycles. The maximum Gasteiger partial charge on any atom is 0.181 e. The van der Waals surface area contributed by atoms with Crippen LogP contribution in [-0.2, 0) is 13.1 Å². The molecule has 0 spiro atoms. The first-order chi connectivity index (χ1) is 8.72. The van der Waals surface area contributed by atoms with Gasteiger partial charge in [0.2, 0.25) is 0 Å². The Labute approximate surface area is 105 Å². The molecule has 4 heteroatoms. The Hall–Kier alpha value is -1.84. The van der Waals surface area contributed by atoms with E-state index in [0.29, 0.717) is 6.54 Å². The predicted molar refractivity (Wildman–Crippen MR) is 68.4 cm³/mol. The highest BCUT2D eigenvalue weighted by molar-refractivity contribution is 5.45. The molecule has 0 aliphatic carbocycles. The van der Waals surface area contributed by atoms with Crippen LogP contribution in [0, 0.1) is 11.6 Å². The molecule has 0 radical (unpaired) electrons. The van der Waals surface area contributed by atoms with Gasteiger partial charge in [0.15, 0.2) is 11.6 Å². The highest BCUT2D eigenvalue weighted by atomic mass is 19.2. The molecule has 0 aliphatic rings. The predicted octanol–water partition coefficient (Wildman–Crippen LogP) is 3.79. The van der Waals surface area contributed by atoms with Crippen LogP contribution in [0.1, 0.15) is 19.0 Å². The fraction of sp³-hybridized carbons (Fsp3) is 0.286. The summed E-state index contributed by atoms with van der Waals surface area (Å²) in [5.41, 5.74) is 1.25. The molecule has 96 valence electrons. The smallest absolute Gasteiger partial charge is 0.181 e. The number of rotatable bonds is 5. The SMILES string of the molecule is CCCn1cccc1CNc1cccc(F)c1F. The number of aromatic nitrogens is 1. The lowest BCUT2D eigenvalue weighted by atomic mass is 10.3. The third kappa shape index (κ3) is 2.70. The Morgan fingerprint density at radius 3 is 2.78 bits per heavy atom. The van der Waals surface area contributed by atoms with E-state index < -0.39 is 11.6 Å².